The maximum absolute atomic E-state index is 10.8. The number of hydrogen-bond donors (Lipinski definition) is 1. The van der Waals surface area contributed by atoms with Crippen LogP contribution in [-0.2, 0) is 9.47 Å². The molecule has 0 spiro atoms. The Hall–Kier alpha value is -1.73. The third kappa shape index (κ3) is 2.57. The first-order valence-corrected chi connectivity index (χ1v) is 5.62. The first-order valence-electron chi connectivity index (χ1n) is 5.62. The van der Waals surface area contributed by atoms with Gasteiger partial charge in [0.05, 0.1) is 11.5 Å². The number of hydrogen-bond acceptors (Lipinski definition) is 6. The molecule has 0 radical (unpaired) electrons. The van der Waals surface area contributed by atoms with Gasteiger partial charge in [-0.05, 0) is 6.07 Å². The largest absolute Gasteiger partial charge is 0.378 e. The van der Waals surface area contributed by atoms with Crippen LogP contribution in [-0.4, -0.2) is 42.4 Å². The maximum Gasteiger partial charge on any atom is 0.310 e. The van der Waals surface area contributed by atoms with E-state index < -0.39 is 10.5 Å². The van der Waals surface area contributed by atoms with Crippen LogP contribution in [0.4, 0.5) is 11.4 Å². The van der Waals surface area contributed by atoms with Gasteiger partial charge in [0.2, 0.25) is 0 Å². The Balaban J connectivity index is 2.08. The van der Waals surface area contributed by atoms with E-state index in [2.05, 4.69) is 10.3 Å². The van der Waals surface area contributed by atoms with Crippen molar-refractivity contribution in [1.82, 2.24) is 4.98 Å². The topological polar surface area (TPSA) is 86.5 Å². The Morgan fingerprint density at radius 2 is 2.56 bits per heavy atom. The van der Waals surface area contributed by atoms with Crippen molar-refractivity contribution in [3.8, 4) is 0 Å². The molecule has 1 atom stereocenters. The predicted octanol–water partition coefficient (Wildman–Crippen LogP) is 1.21. The number of methoxy groups -OCH3 is 1. The molecule has 1 unspecified atom stereocenters. The van der Waals surface area contributed by atoms with Gasteiger partial charge in [0.15, 0.2) is 0 Å². The van der Waals surface area contributed by atoms with Crippen molar-refractivity contribution in [2.75, 3.05) is 32.2 Å². The zero-order valence-electron chi connectivity index (χ0n) is 10.1. The first-order chi connectivity index (χ1) is 8.67. The summed E-state index contributed by atoms with van der Waals surface area (Å²) in [5.41, 5.74) is -0.00192. The molecule has 1 N–H and O–H groups in total. The molecule has 0 aromatic carbocycles. The number of anilines is 1. The number of pyridine rings is 1. The molecular weight excluding hydrogens is 238 g/mol. The van der Waals surface area contributed by atoms with Gasteiger partial charge in [-0.2, -0.15) is 0 Å². The molecule has 0 bridgehead atoms. The molecule has 1 aromatic rings. The summed E-state index contributed by atoms with van der Waals surface area (Å²) in [7, 11) is 1.62. The Labute approximate surface area is 104 Å². The molecule has 0 saturated carbocycles. The van der Waals surface area contributed by atoms with Gasteiger partial charge < -0.3 is 14.8 Å². The second-order valence-corrected chi connectivity index (χ2v) is 4.19. The van der Waals surface area contributed by atoms with Gasteiger partial charge in [-0.1, -0.05) is 0 Å². The molecule has 1 saturated heterocycles. The summed E-state index contributed by atoms with van der Waals surface area (Å²) >= 11 is 0. The summed E-state index contributed by atoms with van der Waals surface area (Å²) < 4.78 is 10.8. The Bertz CT molecular complexity index is 432. The molecule has 1 aromatic heterocycles. The third-order valence-electron chi connectivity index (χ3n) is 3.10. The summed E-state index contributed by atoms with van der Waals surface area (Å²) in [6.07, 6.45) is 3.52. The van der Waals surface area contributed by atoms with Gasteiger partial charge in [0.25, 0.3) is 0 Å². The van der Waals surface area contributed by atoms with E-state index in [1.165, 1.54) is 12.4 Å². The first kappa shape index (κ1) is 12.7. The zero-order chi connectivity index (χ0) is 13.0. The van der Waals surface area contributed by atoms with Crippen LogP contribution in [0.2, 0.25) is 0 Å². The van der Waals surface area contributed by atoms with Gasteiger partial charge in [0, 0.05) is 32.9 Å². The van der Waals surface area contributed by atoms with Crippen LogP contribution >= 0.6 is 0 Å². The van der Waals surface area contributed by atoms with Crippen LogP contribution in [0, 0.1) is 10.1 Å². The van der Waals surface area contributed by atoms with Crippen molar-refractivity contribution in [2.24, 2.45) is 0 Å². The number of nitrogens with zero attached hydrogens (tertiary/aromatic N) is 2. The van der Waals surface area contributed by atoms with Crippen molar-refractivity contribution < 1.29 is 14.4 Å². The molecule has 7 heteroatoms. The number of nitro groups is 1. The van der Waals surface area contributed by atoms with Crippen molar-refractivity contribution >= 4 is 11.4 Å². The van der Waals surface area contributed by atoms with Gasteiger partial charge >= 0.3 is 5.69 Å². The number of rotatable bonds is 5. The van der Waals surface area contributed by atoms with Crippen molar-refractivity contribution in [3.05, 3.63) is 28.6 Å². The van der Waals surface area contributed by atoms with Crippen molar-refractivity contribution in [1.29, 1.82) is 0 Å². The van der Waals surface area contributed by atoms with E-state index in [-0.39, 0.29) is 5.69 Å². The van der Waals surface area contributed by atoms with Crippen LogP contribution in [0.3, 0.4) is 0 Å². The highest BCUT2D eigenvalue weighted by molar-refractivity contribution is 5.59. The summed E-state index contributed by atoms with van der Waals surface area (Å²) in [5.74, 6) is 0. The molecule has 0 amide bonds. The lowest BCUT2D eigenvalue weighted by Gasteiger charge is -2.26. The van der Waals surface area contributed by atoms with Crippen LogP contribution in [0.25, 0.3) is 0 Å². The molecule has 7 nitrogen and oxygen atoms in total. The lowest BCUT2D eigenvalue weighted by atomic mass is 10.0. The molecule has 2 rings (SSSR count). The van der Waals surface area contributed by atoms with E-state index in [1.807, 2.05) is 0 Å². The molecule has 18 heavy (non-hydrogen) atoms. The maximum atomic E-state index is 10.8. The Morgan fingerprint density at radius 3 is 3.17 bits per heavy atom. The minimum absolute atomic E-state index is 0.0392. The fourth-order valence-electron chi connectivity index (χ4n) is 1.90. The predicted molar refractivity (Wildman–Crippen MR) is 64.6 cm³/mol. The van der Waals surface area contributed by atoms with Crippen molar-refractivity contribution in [3.63, 3.8) is 0 Å². The number of nitrogens with one attached hydrogen (secondary N) is 1. The average Bonchev–Trinajstić information content (AvgIpc) is 2.86. The summed E-state index contributed by atoms with van der Waals surface area (Å²) in [6, 6.07) is 1.58. The van der Waals surface area contributed by atoms with E-state index in [9.17, 15) is 10.1 Å². The van der Waals surface area contributed by atoms with E-state index >= 15 is 0 Å². The standard InChI is InChI=1S/C11H15N3O4/c1-17-11(3-5-18-8-11)7-13-9-2-4-12-6-10(9)14(15)16/h2,4,6H,3,5,7-8H2,1H3,(H,12,13). The van der Waals surface area contributed by atoms with E-state index in [4.69, 9.17) is 9.47 Å². The highest BCUT2D eigenvalue weighted by Gasteiger charge is 2.35. The van der Waals surface area contributed by atoms with Crippen LogP contribution < -0.4 is 5.32 Å². The Morgan fingerprint density at radius 1 is 1.72 bits per heavy atom. The number of ether oxygens (including phenoxy) is 2. The minimum atomic E-state index is -0.458. The quantitative estimate of drug-likeness (QED) is 0.627. The monoisotopic (exact) mass is 253 g/mol. The lowest BCUT2D eigenvalue weighted by Crippen LogP contribution is -2.39. The summed E-state index contributed by atoms with van der Waals surface area (Å²) in [6.45, 7) is 1.61. The highest BCUT2D eigenvalue weighted by atomic mass is 16.6. The lowest BCUT2D eigenvalue weighted by molar-refractivity contribution is -0.384. The van der Waals surface area contributed by atoms with E-state index in [1.54, 1.807) is 13.2 Å². The second-order valence-electron chi connectivity index (χ2n) is 4.19. The fourth-order valence-corrected chi connectivity index (χ4v) is 1.90. The molecule has 1 fully saturated rings. The smallest absolute Gasteiger partial charge is 0.310 e. The molecule has 1 aliphatic rings. The van der Waals surface area contributed by atoms with Crippen molar-refractivity contribution in [2.45, 2.75) is 12.0 Å². The van der Waals surface area contributed by atoms with E-state index in [0.29, 0.717) is 25.4 Å². The average molecular weight is 253 g/mol. The van der Waals surface area contributed by atoms with Gasteiger partial charge in [0.1, 0.15) is 17.5 Å². The fraction of sp³-hybridized carbons (Fsp3) is 0.545. The minimum Gasteiger partial charge on any atom is -0.378 e. The zero-order valence-corrected chi connectivity index (χ0v) is 10.1. The number of aromatic nitrogens is 1. The normalized spacial score (nSPS) is 22.9. The molecule has 0 aliphatic carbocycles. The highest BCUT2D eigenvalue weighted by Crippen LogP contribution is 2.26. The van der Waals surface area contributed by atoms with Crippen LogP contribution in [0.1, 0.15) is 6.42 Å². The van der Waals surface area contributed by atoms with Gasteiger partial charge in [-0.3, -0.25) is 15.1 Å². The molecule has 2 heterocycles. The molecular formula is C11H15N3O4. The Kier molecular flexibility index (Phi) is 3.73. The molecule has 98 valence electrons. The second kappa shape index (κ2) is 5.28. The van der Waals surface area contributed by atoms with Crippen LogP contribution in [0.15, 0.2) is 18.5 Å². The van der Waals surface area contributed by atoms with Crippen LogP contribution in [0.5, 0.6) is 0 Å². The van der Waals surface area contributed by atoms with E-state index in [0.717, 1.165) is 6.42 Å². The SMILES string of the molecule is COC1(CNc2ccncc2[N+](=O)[O-])CCOC1. The molecule has 1 aliphatic heterocycles. The summed E-state index contributed by atoms with van der Waals surface area (Å²) in [4.78, 5) is 14.1. The summed E-state index contributed by atoms with van der Waals surface area (Å²) in [5, 5.41) is 13.9. The van der Waals surface area contributed by atoms with Gasteiger partial charge in [-0.25, -0.2) is 0 Å². The van der Waals surface area contributed by atoms with Gasteiger partial charge in [-0.15, -0.1) is 0 Å². The third-order valence-corrected chi connectivity index (χ3v) is 3.10.